The predicted octanol–water partition coefficient (Wildman–Crippen LogP) is 0.995. The fraction of sp³-hybridized carbons (Fsp3) is 1.00. The van der Waals surface area contributed by atoms with Crippen molar-refractivity contribution in [2.45, 2.75) is 44.2 Å². The SMILES string of the molecule is CCN(CC1CCCO1)C1(CN)CCCOC1. The summed E-state index contributed by atoms with van der Waals surface area (Å²) < 4.78 is 11.4. The zero-order valence-electron chi connectivity index (χ0n) is 11.0. The maximum atomic E-state index is 6.03. The highest BCUT2D eigenvalue weighted by atomic mass is 16.5. The highest BCUT2D eigenvalue weighted by Crippen LogP contribution is 2.27. The first-order valence-electron chi connectivity index (χ1n) is 6.95. The fourth-order valence-corrected chi connectivity index (χ4v) is 3.07. The zero-order chi connectivity index (χ0) is 12.1. The Bertz CT molecular complexity index is 223. The molecule has 0 spiro atoms. The summed E-state index contributed by atoms with van der Waals surface area (Å²) in [6.45, 7) is 7.53. The second-order valence-corrected chi connectivity index (χ2v) is 5.26. The van der Waals surface area contributed by atoms with Crippen molar-refractivity contribution in [3.8, 4) is 0 Å². The molecule has 0 aliphatic carbocycles. The number of ether oxygens (including phenoxy) is 2. The largest absolute Gasteiger partial charge is 0.379 e. The number of rotatable bonds is 5. The van der Waals surface area contributed by atoms with Gasteiger partial charge in [-0.25, -0.2) is 0 Å². The molecule has 2 aliphatic heterocycles. The van der Waals surface area contributed by atoms with Gasteiger partial charge in [-0.05, 0) is 32.2 Å². The van der Waals surface area contributed by atoms with Crippen molar-refractivity contribution in [1.82, 2.24) is 4.90 Å². The molecule has 0 aromatic rings. The fourth-order valence-electron chi connectivity index (χ4n) is 3.07. The lowest BCUT2D eigenvalue weighted by Gasteiger charge is -2.46. The molecule has 17 heavy (non-hydrogen) atoms. The van der Waals surface area contributed by atoms with Crippen molar-refractivity contribution in [1.29, 1.82) is 0 Å². The highest BCUT2D eigenvalue weighted by Gasteiger charge is 2.38. The molecule has 4 heteroatoms. The zero-order valence-corrected chi connectivity index (χ0v) is 11.0. The van der Waals surface area contributed by atoms with E-state index < -0.39 is 0 Å². The van der Waals surface area contributed by atoms with E-state index in [1.807, 2.05) is 0 Å². The van der Waals surface area contributed by atoms with Crippen LogP contribution in [0.3, 0.4) is 0 Å². The smallest absolute Gasteiger partial charge is 0.0703 e. The predicted molar refractivity (Wildman–Crippen MR) is 68.1 cm³/mol. The molecule has 2 N–H and O–H groups in total. The summed E-state index contributed by atoms with van der Waals surface area (Å²) in [5, 5.41) is 0. The van der Waals surface area contributed by atoms with Crippen LogP contribution in [0.1, 0.15) is 32.6 Å². The minimum Gasteiger partial charge on any atom is -0.379 e. The van der Waals surface area contributed by atoms with Crippen molar-refractivity contribution in [3.05, 3.63) is 0 Å². The van der Waals surface area contributed by atoms with Crippen molar-refractivity contribution in [2.75, 3.05) is 39.5 Å². The summed E-state index contributed by atoms with van der Waals surface area (Å²) in [6.07, 6.45) is 5.08. The quantitative estimate of drug-likeness (QED) is 0.781. The lowest BCUT2D eigenvalue weighted by atomic mass is 9.90. The van der Waals surface area contributed by atoms with E-state index in [0.717, 1.165) is 45.8 Å². The molecule has 0 bridgehead atoms. The normalized spacial score (nSPS) is 34.4. The van der Waals surface area contributed by atoms with E-state index in [1.165, 1.54) is 12.8 Å². The van der Waals surface area contributed by atoms with Crippen LogP contribution in [0.5, 0.6) is 0 Å². The van der Waals surface area contributed by atoms with Gasteiger partial charge in [-0.3, -0.25) is 4.90 Å². The topological polar surface area (TPSA) is 47.7 Å². The lowest BCUT2D eigenvalue weighted by molar-refractivity contribution is -0.0593. The molecular weight excluding hydrogens is 216 g/mol. The van der Waals surface area contributed by atoms with Gasteiger partial charge in [0.25, 0.3) is 0 Å². The molecule has 4 nitrogen and oxygen atoms in total. The molecule has 2 unspecified atom stereocenters. The van der Waals surface area contributed by atoms with Crippen molar-refractivity contribution in [3.63, 3.8) is 0 Å². The van der Waals surface area contributed by atoms with Crippen LogP contribution in [0.15, 0.2) is 0 Å². The van der Waals surface area contributed by atoms with E-state index in [1.54, 1.807) is 0 Å². The molecule has 0 radical (unpaired) electrons. The van der Waals surface area contributed by atoms with Gasteiger partial charge in [-0.15, -0.1) is 0 Å². The van der Waals surface area contributed by atoms with E-state index in [0.29, 0.717) is 12.6 Å². The van der Waals surface area contributed by atoms with Gasteiger partial charge in [0.05, 0.1) is 18.2 Å². The van der Waals surface area contributed by atoms with Crippen molar-refractivity contribution >= 4 is 0 Å². The Labute approximate surface area is 104 Å². The van der Waals surface area contributed by atoms with Gasteiger partial charge in [0.15, 0.2) is 0 Å². The molecule has 2 saturated heterocycles. The van der Waals surface area contributed by atoms with Crippen molar-refractivity contribution < 1.29 is 9.47 Å². The third kappa shape index (κ3) is 2.99. The molecule has 0 aromatic carbocycles. The Kier molecular flexibility index (Phi) is 4.79. The molecule has 2 aliphatic rings. The second kappa shape index (κ2) is 6.14. The molecule has 2 rings (SSSR count). The van der Waals surface area contributed by atoms with Crippen molar-refractivity contribution in [2.24, 2.45) is 5.73 Å². The van der Waals surface area contributed by atoms with E-state index in [9.17, 15) is 0 Å². The molecule has 2 atom stereocenters. The van der Waals surface area contributed by atoms with Crippen LogP contribution in [0.25, 0.3) is 0 Å². The van der Waals surface area contributed by atoms with Gasteiger partial charge < -0.3 is 15.2 Å². The van der Waals surface area contributed by atoms with E-state index in [2.05, 4.69) is 11.8 Å². The standard InChI is InChI=1S/C13H26N2O2/c1-2-15(9-12-5-3-8-17-12)13(10-14)6-4-7-16-11-13/h12H,2-11,14H2,1H3. The third-order valence-electron chi connectivity index (χ3n) is 4.18. The van der Waals surface area contributed by atoms with Gasteiger partial charge >= 0.3 is 0 Å². The summed E-state index contributed by atoms with van der Waals surface area (Å²) >= 11 is 0. The van der Waals surface area contributed by atoms with Gasteiger partial charge in [-0.2, -0.15) is 0 Å². The Morgan fingerprint density at radius 1 is 1.35 bits per heavy atom. The van der Waals surface area contributed by atoms with E-state index in [-0.39, 0.29) is 5.54 Å². The molecular formula is C13H26N2O2. The van der Waals surface area contributed by atoms with Crippen LogP contribution in [0.2, 0.25) is 0 Å². The molecule has 0 aromatic heterocycles. The van der Waals surface area contributed by atoms with Crippen LogP contribution < -0.4 is 5.73 Å². The van der Waals surface area contributed by atoms with Crippen LogP contribution in [0, 0.1) is 0 Å². The number of hydrogen-bond donors (Lipinski definition) is 1. The maximum absolute atomic E-state index is 6.03. The van der Waals surface area contributed by atoms with Crippen LogP contribution in [0.4, 0.5) is 0 Å². The Balaban J connectivity index is 1.97. The first-order chi connectivity index (χ1) is 8.30. The molecule has 2 fully saturated rings. The first kappa shape index (κ1) is 13.3. The maximum Gasteiger partial charge on any atom is 0.0703 e. The highest BCUT2D eigenvalue weighted by molar-refractivity contribution is 4.94. The minimum absolute atomic E-state index is 0.0545. The summed E-state index contributed by atoms with van der Waals surface area (Å²) in [6, 6.07) is 0. The number of hydrogen-bond acceptors (Lipinski definition) is 4. The summed E-state index contributed by atoms with van der Waals surface area (Å²) in [7, 11) is 0. The monoisotopic (exact) mass is 242 g/mol. The summed E-state index contributed by atoms with van der Waals surface area (Å²) in [5.41, 5.74) is 6.08. The van der Waals surface area contributed by atoms with Gasteiger partial charge in [0, 0.05) is 26.3 Å². The Hall–Kier alpha value is -0.160. The summed E-state index contributed by atoms with van der Waals surface area (Å²) in [5.74, 6) is 0. The van der Waals surface area contributed by atoms with E-state index in [4.69, 9.17) is 15.2 Å². The average Bonchev–Trinajstić information content (AvgIpc) is 2.89. The molecule has 100 valence electrons. The Morgan fingerprint density at radius 2 is 2.24 bits per heavy atom. The summed E-state index contributed by atoms with van der Waals surface area (Å²) in [4.78, 5) is 2.49. The van der Waals surface area contributed by atoms with Crippen LogP contribution in [-0.4, -0.2) is 56.0 Å². The van der Waals surface area contributed by atoms with Crippen LogP contribution in [-0.2, 0) is 9.47 Å². The minimum atomic E-state index is 0.0545. The molecule has 2 heterocycles. The number of likely N-dealkylation sites (N-methyl/N-ethyl adjacent to an activating group) is 1. The molecule has 0 saturated carbocycles. The van der Waals surface area contributed by atoms with E-state index >= 15 is 0 Å². The molecule has 0 amide bonds. The lowest BCUT2D eigenvalue weighted by Crippen LogP contribution is -2.60. The second-order valence-electron chi connectivity index (χ2n) is 5.26. The van der Waals surface area contributed by atoms with Gasteiger partial charge in [-0.1, -0.05) is 6.92 Å². The number of nitrogens with zero attached hydrogens (tertiary/aromatic N) is 1. The first-order valence-corrected chi connectivity index (χ1v) is 6.95. The Morgan fingerprint density at radius 3 is 2.76 bits per heavy atom. The van der Waals surface area contributed by atoms with Gasteiger partial charge in [0.1, 0.15) is 0 Å². The van der Waals surface area contributed by atoms with Crippen LogP contribution >= 0.6 is 0 Å². The third-order valence-corrected chi connectivity index (χ3v) is 4.18. The van der Waals surface area contributed by atoms with Gasteiger partial charge in [0.2, 0.25) is 0 Å². The average molecular weight is 242 g/mol. The number of nitrogens with two attached hydrogens (primary N) is 1.